The quantitative estimate of drug-likeness (QED) is 0.763. The second-order valence-electron chi connectivity index (χ2n) is 5.14. The van der Waals surface area contributed by atoms with E-state index >= 15 is 0 Å². The van der Waals surface area contributed by atoms with Crippen LogP contribution in [-0.4, -0.2) is 53.8 Å². The lowest BCUT2D eigenvalue weighted by Gasteiger charge is -2.32. The van der Waals surface area contributed by atoms with Crippen LogP contribution in [0.5, 0.6) is 0 Å². The van der Waals surface area contributed by atoms with E-state index in [0.29, 0.717) is 25.9 Å². The Balaban J connectivity index is 1.99. The van der Waals surface area contributed by atoms with Gasteiger partial charge in [0.15, 0.2) is 0 Å². The number of likely N-dealkylation sites (tertiary alicyclic amines) is 1. The van der Waals surface area contributed by atoms with Crippen LogP contribution < -0.4 is 0 Å². The van der Waals surface area contributed by atoms with Gasteiger partial charge in [-0.15, -0.1) is 0 Å². The average molecular weight is 279 g/mol. The largest absolute Gasteiger partial charge is 0.349 e. The summed E-state index contributed by atoms with van der Waals surface area (Å²) in [6, 6.07) is 2.97. The maximum absolute atomic E-state index is 13.5. The van der Waals surface area contributed by atoms with Gasteiger partial charge in [0.1, 0.15) is 0 Å². The highest BCUT2D eigenvalue weighted by Crippen LogP contribution is 2.20. The predicted molar refractivity (Wildman–Crippen MR) is 71.5 cm³/mol. The second-order valence-corrected chi connectivity index (χ2v) is 5.14. The normalized spacial score (nSPS) is 16.1. The number of rotatable bonds is 2. The molecule has 2 amide bonds. The molecular weight excluding hydrogens is 261 g/mol. The maximum atomic E-state index is 13.5. The highest BCUT2D eigenvalue weighted by atomic mass is 19.1. The molecule has 2 rings (SSSR count). The van der Waals surface area contributed by atoms with Crippen molar-refractivity contribution in [2.75, 3.05) is 27.2 Å². The topological polar surface area (TPSA) is 53.5 Å². The van der Waals surface area contributed by atoms with Crippen LogP contribution in [0.4, 0.5) is 4.39 Å². The minimum absolute atomic E-state index is 0.00936. The standard InChI is InChI=1S/C14H18FN3O2/c1-17(2)13(19)10-5-8-18(9-6-10)14(20)11-4-3-7-16-12(11)15/h3-4,7,10H,5-6,8-9H2,1-2H3. The first-order valence-corrected chi connectivity index (χ1v) is 6.61. The maximum Gasteiger partial charge on any atom is 0.258 e. The summed E-state index contributed by atoms with van der Waals surface area (Å²) in [7, 11) is 3.45. The molecule has 5 nitrogen and oxygen atoms in total. The summed E-state index contributed by atoms with van der Waals surface area (Å²) in [4.78, 5) is 30.7. The fraction of sp³-hybridized carbons (Fsp3) is 0.500. The third-order valence-electron chi connectivity index (χ3n) is 3.56. The Hall–Kier alpha value is -1.98. The van der Waals surface area contributed by atoms with Gasteiger partial charge in [0.05, 0.1) is 5.56 Å². The van der Waals surface area contributed by atoms with Crippen LogP contribution in [0, 0.1) is 11.9 Å². The first-order valence-electron chi connectivity index (χ1n) is 6.61. The first kappa shape index (κ1) is 14.4. The molecule has 0 N–H and O–H groups in total. The Bertz CT molecular complexity index is 511. The van der Waals surface area contributed by atoms with Gasteiger partial charge < -0.3 is 9.80 Å². The Morgan fingerprint density at radius 2 is 2.00 bits per heavy atom. The lowest BCUT2D eigenvalue weighted by atomic mass is 9.95. The van der Waals surface area contributed by atoms with Crippen molar-refractivity contribution >= 4 is 11.8 Å². The average Bonchev–Trinajstić information content (AvgIpc) is 2.46. The molecule has 108 valence electrons. The van der Waals surface area contributed by atoms with Crippen molar-refractivity contribution in [2.45, 2.75) is 12.8 Å². The van der Waals surface area contributed by atoms with Crippen molar-refractivity contribution in [3.05, 3.63) is 29.8 Å². The molecule has 0 radical (unpaired) electrons. The third kappa shape index (κ3) is 2.95. The Kier molecular flexibility index (Phi) is 4.32. The molecule has 1 aromatic heterocycles. The molecule has 0 bridgehead atoms. The number of hydrogen-bond acceptors (Lipinski definition) is 3. The van der Waals surface area contributed by atoms with E-state index in [0.717, 1.165) is 0 Å². The molecule has 0 saturated carbocycles. The molecule has 1 aromatic rings. The van der Waals surface area contributed by atoms with Crippen molar-refractivity contribution in [1.29, 1.82) is 0 Å². The van der Waals surface area contributed by atoms with Gasteiger partial charge in [-0.05, 0) is 25.0 Å². The van der Waals surface area contributed by atoms with Crippen molar-refractivity contribution in [3.63, 3.8) is 0 Å². The second kappa shape index (κ2) is 5.98. The number of pyridine rings is 1. The summed E-state index contributed by atoms with van der Waals surface area (Å²) >= 11 is 0. The van der Waals surface area contributed by atoms with E-state index in [4.69, 9.17) is 0 Å². The molecule has 1 aliphatic heterocycles. The van der Waals surface area contributed by atoms with Crippen molar-refractivity contribution < 1.29 is 14.0 Å². The van der Waals surface area contributed by atoms with Crippen LogP contribution >= 0.6 is 0 Å². The monoisotopic (exact) mass is 279 g/mol. The number of halogens is 1. The summed E-state index contributed by atoms with van der Waals surface area (Å²) < 4.78 is 13.5. The Labute approximate surface area is 117 Å². The zero-order valence-electron chi connectivity index (χ0n) is 11.7. The lowest BCUT2D eigenvalue weighted by Crippen LogP contribution is -2.43. The molecule has 20 heavy (non-hydrogen) atoms. The van der Waals surface area contributed by atoms with Gasteiger partial charge in [0.2, 0.25) is 11.9 Å². The molecule has 0 atom stereocenters. The zero-order chi connectivity index (χ0) is 14.7. The number of piperidine rings is 1. The summed E-state index contributed by atoms with van der Waals surface area (Å²) in [5.41, 5.74) is -0.00936. The lowest BCUT2D eigenvalue weighted by molar-refractivity contribution is -0.134. The summed E-state index contributed by atoms with van der Waals surface area (Å²) in [6.45, 7) is 0.939. The third-order valence-corrected chi connectivity index (χ3v) is 3.56. The summed E-state index contributed by atoms with van der Waals surface area (Å²) in [6.07, 6.45) is 2.55. The van der Waals surface area contributed by atoms with Gasteiger partial charge in [0, 0.05) is 39.3 Å². The van der Waals surface area contributed by atoms with E-state index in [-0.39, 0.29) is 23.3 Å². The summed E-state index contributed by atoms with van der Waals surface area (Å²) in [5.74, 6) is -1.06. The number of carbonyl (C=O) groups excluding carboxylic acids is 2. The van der Waals surface area contributed by atoms with E-state index in [1.165, 1.54) is 12.3 Å². The van der Waals surface area contributed by atoms with Gasteiger partial charge in [-0.2, -0.15) is 4.39 Å². The predicted octanol–water partition coefficient (Wildman–Crippen LogP) is 1.16. The highest BCUT2D eigenvalue weighted by Gasteiger charge is 2.29. The molecular formula is C14H18FN3O2. The van der Waals surface area contributed by atoms with Crippen LogP contribution in [0.1, 0.15) is 23.2 Å². The smallest absolute Gasteiger partial charge is 0.258 e. The van der Waals surface area contributed by atoms with Crippen LogP contribution in [0.3, 0.4) is 0 Å². The number of aromatic nitrogens is 1. The van der Waals surface area contributed by atoms with Crippen LogP contribution in [0.15, 0.2) is 18.3 Å². The fourth-order valence-corrected chi connectivity index (χ4v) is 2.41. The molecule has 0 unspecified atom stereocenters. The first-order chi connectivity index (χ1) is 9.50. The van der Waals surface area contributed by atoms with Gasteiger partial charge in [-0.3, -0.25) is 9.59 Å². The molecule has 0 aliphatic carbocycles. The summed E-state index contributed by atoms with van der Waals surface area (Å²) in [5, 5.41) is 0. The van der Waals surface area contributed by atoms with Gasteiger partial charge >= 0.3 is 0 Å². The van der Waals surface area contributed by atoms with E-state index in [2.05, 4.69) is 4.98 Å². The zero-order valence-corrected chi connectivity index (χ0v) is 11.7. The van der Waals surface area contributed by atoms with Gasteiger partial charge in [-0.25, -0.2) is 4.98 Å². The van der Waals surface area contributed by atoms with Crippen LogP contribution in [-0.2, 0) is 4.79 Å². The molecule has 1 aliphatic rings. The number of amides is 2. The molecule has 2 heterocycles. The van der Waals surface area contributed by atoms with Gasteiger partial charge in [-0.1, -0.05) is 0 Å². The SMILES string of the molecule is CN(C)C(=O)C1CCN(C(=O)c2cccnc2F)CC1. The van der Waals surface area contributed by atoms with Crippen LogP contribution in [0.2, 0.25) is 0 Å². The Morgan fingerprint density at radius 3 is 2.55 bits per heavy atom. The van der Waals surface area contributed by atoms with Crippen molar-refractivity contribution in [2.24, 2.45) is 5.92 Å². The number of carbonyl (C=O) groups is 2. The number of nitrogens with zero attached hydrogens (tertiary/aromatic N) is 3. The van der Waals surface area contributed by atoms with Crippen molar-refractivity contribution in [1.82, 2.24) is 14.8 Å². The molecule has 0 spiro atoms. The highest BCUT2D eigenvalue weighted by molar-refractivity contribution is 5.94. The fourth-order valence-electron chi connectivity index (χ4n) is 2.41. The number of hydrogen-bond donors (Lipinski definition) is 0. The van der Waals surface area contributed by atoms with Crippen LogP contribution in [0.25, 0.3) is 0 Å². The van der Waals surface area contributed by atoms with E-state index in [1.54, 1.807) is 30.0 Å². The van der Waals surface area contributed by atoms with Crippen molar-refractivity contribution in [3.8, 4) is 0 Å². The molecule has 1 fully saturated rings. The van der Waals surface area contributed by atoms with E-state index < -0.39 is 5.95 Å². The van der Waals surface area contributed by atoms with E-state index in [1.807, 2.05) is 0 Å². The molecule has 0 aromatic carbocycles. The van der Waals surface area contributed by atoms with E-state index in [9.17, 15) is 14.0 Å². The van der Waals surface area contributed by atoms with Gasteiger partial charge in [0.25, 0.3) is 5.91 Å². The minimum Gasteiger partial charge on any atom is -0.349 e. The molecule has 1 saturated heterocycles. The Morgan fingerprint density at radius 1 is 1.35 bits per heavy atom. The molecule has 6 heteroatoms. The minimum atomic E-state index is -0.746.